The molecule has 27 heteroatoms. The van der Waals surface area contributed by atoms with Gasteiger partial charge in [0.15, 0.2) is 5.72 Å². The molecule has 8 amide bonds. The van der Waals surface area contributed by atoms with Crippen molar-refractivity contribution >= 4 is 70.7 Å². The van der Waals surface area contributed by atoms with Gasteiger partial charge in [-0.3, -0.25) is 43.7 Å². The molecule has 0 aliphatic carbocycles. The molecule has 2 saturated heterocycles. The number of carbonyl (C=O) groups is 9. The summed E-state index contributed by atoms with van der Waals surface area (Å²) in [6, 6.07) is 2.20. The second-order valence-corrected chi connectivity index (χ2v) is 18.1. The summed E-state index contributed by atoms with van der Waals surface area (Å²) in [6.07, 6.45) is -0.0112. The number of anilines is 1. The van der Waals surface area contributed by atoms with Crippen LogP contribution >= 0.6 is 11.6 Å². The van der Waals surface area contributed by atoms with Gasteiger partial charge in [-0.15, -0.1) is 0 Å². The van der Waals surface area contributed by atoms with Gasteiger partial charge in [-0.1, -0.05) is 42.3 Å². The number of ether oxygens (including phenoxy) is 6. The number of likely N-dealkylation sites (N-methyl/N-ethyl adjacent to an activating group) is 1. The number of rotatable bonds is 20. The number of allylic oxidation sites excluding steroid dienone is 3. The fourth-order valence-electron chi connectivity index (χ4n) is 7.86. The van der Waals surface area contributed by atoms with Crippen LogP contribution in [0.25, 0.3) is 0 Å². The number of epoxide rings is 1. The van der Waals surface area contributed by atoms with Crippen molar-refractivity contribution in [3.8, 4) is 5.75 Å². The van der Waals surface area contributed by atoms with Gasteiger partial charge < -0.3 is 69.9 Å². The molecular weight excluding hydrogens is 986 g/mol. The number of benzene rings is 1. The largest absolute Gasteiger partial charge is 0.495 e. The molecule has 1 aromatic carbocycles. The van der Waals surface area contributed by atoms with Gasteiger partial charge in [0.05, 0.1) is 45.0 Å². The highest BCUT2D eigenvalue weighted by Gasteiger charge is 2.64. The van der Waals surface area contributed by atoms with Gasteiger partial charge in [0.25, 0.3) is 0 Å². The molecule has 3 aliphatic heterocycles. The second-order valence-electron chi connectivity index (χ2n) is 17.7. The zero-order valence-corrected chi connectivity index (χ0v) is 42.7. The van der Waals surface area contributed by atoms with Crippen molar-refractivity contribution in [3.05, 3.63) is 46.5 Å². The van der Waals surface area contributed by atoms with Crippen LogP contribution in [-0.2, 0) is 73.3 Å². The van der Waals surface area contributed by atoms with Crippen LogP contribution < -0.4 is 47.4 Å². The van der Waals surface area contributed by atoms with Crippen LogP contribution in [0.15, 0.2) is 35.9 Å². The lowest BCUT2D eigenvalue weighted by molar-refractivity contribution is -0.163. The summed E-state index contributed by atoms with van der Waals surface area (Å²) in [5.41, 5.74) is -1.36. The Kier molecular flexibility index (Phi) is 21.9. The van der Waals surface area contributed by atoms with Crippen LogP contribution in [0.5, 0.6) is 5.75 Å². The maximum atomic E-state index is 14.3. The minimum absolute atomic E-state index is 0.0684. The number of methoxy groups -OCH3 is 2. The molecule has 1 aromatic rings. The Hall–Kier alpha value is -6.42. The maximum absolute atomic E-state index is 14.3. The van der Waals surface area contributed by atoms with Crippen LogP contribution in [0, 0.1) is 5.92 Å². The zero-order chi connectivity index (χ0) is 54.2. The van der Waals surface area contributed by atoms with E-state index >= 15 is 0 Å². The molecular formula is C46H66ClN9O17. The Morgan fingerprint density at radius 2 is 1.56 bits per heavy atom. The van der Waals surface area contributed by atoms with E-state index in [-0.39, 0.29) is 31.1 Å². The first-order chi connectivity index (χ1) is 34.5. The summed E-state index contributed by atoms with van der Waals surface area (Å²) in [5, 5.41) is 26.1. The molecule has 73 heavy (non-hydrogen) atoms. The summed E-state index contributed by atoms with van der Waals surface area (Å²) in [6.45, 7) is 3.60. The van der Waals surface area contributed by atoms with Crippen LogP contribution in [0.2, 0.25) is 5.02 Å². The number of hydrogen-bond acceptors (Lipinski definition) is 18. The van der Waals surface area contributed by atoms with E-state index in [9.17, 15) is 48.3 Å². The lowest BCUT2D eigenvalue weighted by atomic mass is 9.83. The first-order valence-corrected chi connectivity index (χ1v) is 23.4. The van der Waals surface area contributed by atoms with Crippen LogP contribution in [0.1, 0.15) is 46.1 Å². The Morgan fingerprint density at radius 1 is 0.959 bits per heavy atom. The van der Waals surface area contributed by atoms with Gasteiger partial charge in [-0.25, -0.2) is 15.5 Å². The number of amides is 8. The smallest absolute Gasteiger partial charge is 0.409 e. The van der Waals surface area contributed by atoms with E-state index in [0.717, 1.165) is 16.0 Å². The number of halogens is 1. The standard InChI is InChI=1S/C46H66ClN9O17/c1-25-10-9-11-32(68-8)46(66)18-31(71-44(65)54-46)26(2)42-45(4,73-42)33(17-39(62)56(6)29-15-28(14-25)16-30(67-7)41(29)47)72-43(64)27(3)55(5)40(63)24-69-22-37(60)53-21-36(59)52-20-35(58)51-19-34(57)49-12-13-50-38(61)23-70-48/h9-11,15-16,26-27,31-33,42,66H,12-14,17-24,48H2,1-8H3,(H,49,57)(H,50,61)(H,51,58)(H,52,59)(H,53,60)(H,54,65)/b11-9+,25-10+. The molecule has 2 fully saturated rings. The van der Waals surface area contributed by atoms with Crippen molar-refractivity contribution in [2.24, 2.45) is 11.8 Å². The van der Waals surface area contributed by atoms with E-state index in [0.29, 0.717) is 17.9 Å². The van der Waals surface area contributed by atoms with Crippen molar-refractivity contribution in [1.82, 2.24) is 36.8 Å². The lowest BCUT2D eigenvalue weighted by Crippen LogP contribution is -2.63. The minimum atomic E-state index is -1.91. The molecule has 0 saturated carbocycles. The summed E-state index contributed by atoms with van der Waals surface area (Å²) in [4.78, 5) is 121. The molecule has 0 aromatic heterocycles. The number of aliphatic hydroxyl groups is 1. The van der Waals surface area contributed by atoms with Gasteiger partial charge in [0.1, 0.15) is 60.5 Å². The van der Waals surface area contributed by atoms with Crippen LogP contribution in [-0.4, -0.2) is 186 Å². The van der Waals surface area contributed by atoms with Gasteiger partial charge in [-0.05, 0) is 44.9 Å². The van der Waals surface area contributed by atoms with Gasteiger partial charge in [0.2, 0.25) is 41.4 Å². The molecule has 3 heterocycles. The predicted molar refractivity (Wildman–Crippen MR) is 257 cm³/mol. The van der Waals surface area contributed by atoms with Gasteiger partial charge >= 0.3 is 12.1 Å². The molecule has 8 unspecified atom stereocenters. The summed E-state index contributed by atoms with van der Waals surface area (Å²) >= 11 is 6.77. The Balaban J connectivity index is 1.37. The number of carbonyl (C=O) groups excluding carboxylic acids is 9. The number of alkyl carbamates (subject to hydrolysis) is 1. The average molecular weight is 1050 g/mol. The normalized spacial score (nSPS) is 25.4. The average Bonchev–Trinajstić information content (AvgIpc) is 4.05. The number of nitrogens with two attached hydrogens (primary N) is 1. The number of nitrogens with one attached hydrogen (secondary N) is 6. The fourth-order valence-corrected chi connectivity index (χ4v) is 8.17. The lowest BCUT2D eigenvalue weighted by Gasteiger charge is -2.42. The Labute approximate surface area is 426 Å². The van der Waals surface area contributed by atoms with E-state index < -0.39 is 140 Å². The van der Waals surface area contributed by atoms with E-state index in [4.69, 9.17) is 45.9 Å². The molecule has 0 spiro atoms. The SMILES string of the molecule is COc1cc2cc(c1Cl)N(C)C(=O)CC(OC(=O)C(C)N(C)C(=O)COCC(=O)NCC(=O)NCC(=O)NCC(=O)NCCNC(=O)CON)C1(C)OC1C(C)C1CC(O)(NC(=O)O1)C(OC)/C=C/C=C(\C)C2. The number of fused-ring (bicyclic) bond motifs is 5. The van der Waals surface area contributed by atoms with Gasteiger partial charge in [-0.2, -0.15) is 0 Å². The fraction of sp³-hybridized carbons (Fsp3) is 0.587. The summed E-state index contributed by atoms with van der Waals surface area (Å²) in [5.74, 6) is -1.05. The monoisotopic (exact) mass is 1050 g/mol. The van der Waals surface area contributed by atoms with E-state index in [2.05, 4.69) is 36.7 Å². The quantitative estimate of drug-likeness (QED) is 0.0303. The van der Waals surface area contributed by atoms with Crippen molar-refractivity contribution in [2.45, 2.75) is 88.7 Å². The van der Waals surface area contributed by atoms with Gasteiger partial charge in [0, 0.05) is 46.6 Å². The maximum Gasteiger partial charge on any atom is 0.409 e. The molecule has 8 atom stereocenters. The molecule has 9 N–H and O–H groups in total. The van der Waals surface area contributed by atoms with Crippen molar-refractivity contribution in [1.29, 1.82) is 0 Å². The number of esters is 1. The predicted octanol–water partition coefficient (Wildman–Crippen LogP) is -2.00. The van der Waals surface area contributed by atoms with E-state index in [1.54, 1.807) is 38.1 Å². The molecule has 404 valence electrons. The molecule has 26 nitrogen and oxygen atoms in total. The highest BCUT2D eigenvalue weighted by molar-refractivity contribution is 6.35. The minimum Gasteiger partial charge on any atom is -0.495 e. The third kappa shape index (κ3) is 16.8. The molecule has 4 bridgehead atoms. The topological polar surface area (TPSA) is 346 Å². The highest BCUT2D eigenvalue weighted by Crippen LogP contribution is 2.49. The summed E-state index contributed by atoms with van der Waals surface area (Å²) in [7, 11) is 5.63. The molecule has 4 rings (SSSR count). The number of nitrogens with zero attached hydrogens (tertiary/aromatic N) is 2. The molecule has 0 radical (unpaired) electrons. The van der Waals surface area contributed by atoms with Crippen molar-refractivity contribution in [2.75, 3.05) is 85.8 Å². The second kappa shape index (κ2) is 27.0. The van der Waals surface area contributed by atoms with Crippen LogP contribution in [0.3, 0.4) is 0 Å². The highest BCUT2D eigenvalue weighted by atomic mass is 35.5. The van der Waals surface area contributed by atoms with Crippen LogP contribution in [0.4, 0.5) is 10.5 Å². The molecule has 3 aliphatic rings. The number of hydrogen-bond donors (Lipinski definition) is 8. The van der Waals surface area contributed by atoms with Crippen molar-refractivity contribution < 1.29 is 81.5 Å². The Bertz CT molecular complexity index is 2290. The first kappa shape index (κ1) is 59.1. The van der Waals surface area contributed by atoms with Crippen molar-refractivity contribution in [3.63, 3.8) is 0 Å². The zero-order valence-electron chi connectivity index (χ0n) is 42.0. The third-order valence-corrected chi connectivity index (χ3v) is 12.7. The summed E-state index contributed by atoms with van der Waals surface area (Å²) < 4.78 is 34.4. The Morgan fingerprint density at radius 3 is 2.18 bits per heavy atom. The first-order valence-electron chi connectivity index (χ1n) is 23.0. The van der Waals surface area contributed by atoms with E-state index in [1.165, 1.54) is 40.1 Å². The van der Waals surface area contributed by atoms with E-state index in [1.807, 2.05) is 13.0 Å². The third-order valence-electron chi connectivity index (χ3n) is 12.3.